The maximum absolute atomic E-state index is 11.1. The number of rotatable bonds is 3. The molecule has 1 N–H and O–H groups in total. The first-order chi connectivity index (χ1) is 10.4. The Morgan fingerprint density at radius 1 is 1.41 bits per heavy atom. The molecule has 0 amide bonds. The average Bonchev–Trinajstić information content (AvgIpc) is 2.93. The lowest BCUT2D eigenvalue weighted by Gasteiger charge is -2.40. The summed E-state index contributed by atoms with van der Waals surface area (Å²) in [5.74, 6) is 0.663. The van der Waals surface area contributed by atoms with Gasteiger partial charge in [0.05, 0.1) is 5.70 Å². The molecule has 2 rings (SSSR count). The zero-order chi connectivity index (χ0) is 16.3. The molecule has 5 heteroatoms. The highest BCUT2D eigenvalue weighted by atomic mass is 16.3. The second kappa shape index (κ2) is 6.55. The monoisotopic (exact) mass is 305 g/mol. The molecular formula is C17H27N3O2. The molecule has 2 fully saturated rings. The molecule has 0 aromatic carbocycles. The molecule has 1 saturated heterocycles. The number of carbonyl (C=O) groups is 1. The number of nitrogens with zero attached hydrogens (tertiary/aromatic N) is 3. The first kappa shape index (κ1) is 16.6. The Balaban J connectivity index is 2.30. The third-order valence-electron chi connectivity index (χ3n) is 4.98. The van der Waals surface area contributed by atoms with Gasteiger partial charge in [-0.1, -0.05) is 26.3 Å². The van der Waals surface area contributed by atoms with E-state index in [4.69, 9.17) is 0 Å². The number of likely N-dealkylation sites (N-methyl/N-ethyl adjacent to an activating group) is 1. The van der Waals surface area contributed by atoms with E-state index in [0.717, 1.165) is 18.8 Å². The molecule has 0 radical (unpaired) electrons. The summed E-state index contributed by atoms with van der Waals surface area (Å²) in [6, 6.07) is 0. The molecule has 0 atom stereocenters. The van der Waals surface area contributed by atoms with Crippen LogP contribution in [0, 0.1) is 5.41 Å². The fraction of sp³-hybridized carbons (Fsp3) is 0.647. The molecule has 1 saturated carbocycles. The normalized spacial score (nSPS) is 24.7. The van der Waals surface area contributed by atoms with Crippen LogP contribution in [0.15, 0.2) is 28.7 Å². The van der Waals surface area contributed by atoms with Crippen LogP contribution in [-0.2, 0) is 4.79 Å². The first-order valence-electron chi connectivity index (χ1n) is 7.94. The van der Waals surface area contributed by atoms with Gasteiger partial charge in [0.15, 0.2) is 12.0 Å². The molecule has 0 aromatic heterocycles. The van der Waals surface area contributed by atoms with Crippen molar-refractivity contribution in [2.45, 2.75) is 39.0 Å². The number of hydrogen-bond donors (Lipinski definition) is 1. The van der Waals surface area contributed by atoms with E-state index in [0.29, 0.717) is 24.2 Å². The average molecular weight is 305 g/mol. The number of aliphatic hydroxyl groups is 1. The van der Waals surface area contributed by atoms with Crippen LogP contribution >= 0.6 is 0 Å². The Morgan fingerprint density at radius 2 is 2.05 bits per heavy atom. The van der Waals surface area contributed by atoms with Gasteiger partial charge >= 0.3 is 0 Å². The Morgan fingerprint density at radius 3 is 2.59 bits per heavy atom. The van der Waals surface area contributed by atoms with Gasteiger partial charge in [-0.3, -0.25) is 9.79 Å². The lowest BCUT2D eigenvalue weighted by molar-refractivity contribution is -0.107. The van der Waals surface area contributed by atoms with E-state index in [1.807, 2.05) is 16.8 Å². The SMILES string of the molecule is C=C1/C(=C(\O)C=O)N(C(CC2(C)CCCC2)=NC)CCN1C. The lowest BCUT2D eigenvalue weighted by atomic mass is 9.84. The van der Waals surface area contributed by atoms with E-state index < -0.39 is 0 Å². The van der Waals surface area contributed by atoms with Crippen LogP contribution in [0.5, 0.6) is 0 Å². The van der Waals surface area contributed by atoms with Crippen LogP contribution in [0.3, 0.4) is 0 Å². The summed E-state index contributed by atoms with van der Waals surface area (Å²) in [5, 5.41) is 10.0. The van der Waals surface area contributed by atoms with E-state index in [1.54, 1.807) is 7.05 Å². The smallest absolute Gasteiger partial charge is 0.186 e. The Bertz CT molecular complexity index is 516. The third kappa shape index (κ3) is 3.18. The highest BCUT2D eigenvalue weighted by Crippen LogP contribution is 2.41. The zero-order valence-electron chi connectivity index (χ0n) is 13.9. The van der Waals surface area contributed by atoms with Crippen LogP contribution in [0.4, 0.5) is 0 Å². The molecule has 0 unspecified atom stereocenters. The largest absolute Gasteiger partial charge is 0.503 e. The zero-order valence-corrected chi connectivity index (χ0v) is 13.9. The van der Waals surface area contributed by atoms with Crippen molar-refractivity contribution in [3.05, 3.63) is 23.7 Å². The minimum atomic E-state index is -0.269. The summed E-state index contributed by atoms with van der Waals surface area (Å²) in [7, 11) is 3.70. The summed E-state index contributed by atoms with van der Waals surface area (Å²) >= 11 is 0. The predicted molar refractivity (Wildman–Crippen MR) is 88.7 cm³/mol. The topological polar surface area (TPSA) is 56.1 Å². The van der Waals surface area contributed by atoms with Gasteiger partial charge in [0, 0.05) is 33.6 Å². The standard InChI is InChI=1S/C17H27N3O2/c1-13-16(14(22)12-21)20(10-9-19(13)4)15(18-3)11-17(2)7-5-6-8-17/h12,22H,1,5-11H2,2-4H3/b16-14+,18-15?. The second-order valence-electron chi connectivity index (χ2n) is 6.71. The number of piperazine rings is 1. The number of carbonyl (C=O) groups excluding carboxylic acids is 1. The van der Waals surface area contributed by atoms with Crippen LogP contribution in [0.2, 0.25) is 0 Å². The van der Waals surface area contributed by atoms with Gasteiger partial charge in [-0.15, -0.1) is 0 Å². The van der Waals surface area contributed by atoms with E-state index in [2.05, 4.69) is 18.5 Å². The minimum Gasteiger partial charge on any atom is -0.503 e. The van der Waals surface area contributed by atoms with Gasteiger partial charge in [-0.25, -0.2) is 0 Å². The molecule has 1 heterocycles. The van der Waals surface area contributed by atoms with Crippen LogP contribution in [0.25, 0.3) is 0 Å². The molecule has 1 aliphatic heterocycles. The van der Waals surface area contributed by atoms with E-state index in [1.165, 1.54) is 25.7 Å². The molecule has 0 spiro atoms. The van der Waals surface area contributed by atoms with Crippen molar-refractivity contribution in [2.24, 2.45) is 10.4 Å². The molecule has 1 aliphatic carbocycles. The molecule has 22 heavy (non-hydrogen) atoms. The number of amidine groups is 1. The molecule has 122 valence electrons. The van der Waals surface area contributed by atoms with Crippen molar-refractivity contribution in [3.63, 3.8) is 0 Å². The van der Waals surface area contributed by atoms with E-state index >= 15 is 0 Å². The number of aliphatic hydroxyl groups excluding tert-OH is 1. The molecule has 0 aromatic rings. The summed E-state index contributed by atoms with van der Waals surface area (Å²) in [6.45, 7) is 7.81. The maximum atomic E-state index is 11.1. The van der Waals surface area contributed by atoms with E-state index in [9.17, 15) is 9.90 Å². The van der Waals surface area contributed by atoms with Crippen LogP contribution in [-0.4, -0.2) is 54.2 Å². The maximum Gasteiger partial charge on any atom is 0.186 e. The van der Waals surface area contributed by atoms with Gasteiger partial charge in [-0.05, 0) is 18.3 Å². The van der Waals surface area contributed by atoms with Crippen LogP contribution < -0.4 is 0 Å². The highest BCUT2D eigenvalue weighted by molar-refractivity contribution is 5.87. The van der Waals surface area contributed by atoms with E-state index in [-0.39, 0.29) is 11.2 Å². The van der Waals surface area contributed by atoms with Gasteiger partial charge in [0.25, 0.3) is 0 Å². The second-order valence-corrected chi connectivity index (χ2v) is 6.71. The lowest BCUT2D eigenvalue weighted by Crippen LogP contribution is -2.46. The summed E-state index contributed by atoms with van der Waals surface area (Å²) in [4.78, 5) is 19.5. The fourth-order valence-corrected chi connectivity index (χ4v) is 3.52. The number of aldehydes is 1. The molecule has 0 bridgehead atoms. The van der Waals surface area contributed by atoms with Crippen molar-refractivity contribution < 1.29 is 9.90 Å². The number of hydrogen-bond acceptors (Lipinski definition) is 4. The van der Waals surface area contributed by atoms with Crippen molar-refractivity contribution in [1.29, 1.82) is 0 Å². The van der Waals surface area contributed by atoms with Gasteiger partial charge < -0.3 is 14.9 Å². The van der Waals surface area contributed by atoms with Crippen molar-refractivity contribution in [3.8, 4) is 0 Å². The molecule has 5 nitrogen and oxygen atoms in total. The van der Waals surface area contributed by atoms with Crippen molar-refractivity contribution >= 4 is 12.1 Å². The summed E-state index contributed by atoms with van der Waals surface area (Å²) in [5.41, 5.74) is 1.42. The number of aliphatic imine (C=N–C) groups is 1. The Labute approximate surface area is 133 Å². The Hall–Kier alpha value is -1.78. The van der Waals surface area contributed by atoms with Crippen molar-refractivity contribution in [2.75, 3.05) is 27.2 Å². The summed E-state index contributed by atoms with van der Waals surface area (Å²) < 4.78 is 0. The van der Waals surface area contributed by atoms with Gasteiger partial charge in [-0.2, -0.15) is 0 Å². The van der Waals surface area contributed by atoms with Gasteiger partial charge in [0.1, 0.15) is 11.5 Å². The Kier molecular flexibility index (Phi) is 4.94. The summed E-state index contributed by atoms with van der Waals surface area (Å²) in [6.07, 6.45) is 6.31. The quantitative estimate of drug-likeness (QED) is 0.286. The minimum absolute atomic E-state index is 0.265. The first-order valence-corrected chi connectivity index (χ1v) is 7.94. The molecule has 2 aliphatic rings. The van der Waals surface area contributed by atoms with Crippen molar-refractivity contribution in [1.82, 2.24) is 9.80 Å². The third-order valence-corrected chi connectivity index (χ3v) is 4.98. The number of allylic oxidation sites excluding steroid dienone is 1. The van der Waals surface area contributed by atoms with Gasteiger partial charge in [0.2, 0.25) is 0 Å². The fourth-order valence-electron chi connectivity index (χ4n) is 3.52. The predicted octanol–water partition coefficient (Wildman–Crippen LogP) is 2.71. The van der Waals surface area contributed by atoms with Crippen LogP contribution in [0.1, 0.15) is 39.0 Å². The molecular weight excluding hydrogens is 278 g/mol. The highest BCUT2D eigenvalue weighted by Gasteiger charge is 2.35.